The van der Waals surface area contributed by atoms with Gasteiger partial charge in [-0.2, -0.15) is 5.10 Å². The van der Waals surface area contributed by atoms with Crippen molar-refractivity contribution in [3.8, 4) is 11.5 Å². The molecule has 3 aromatic rings. The lowest BCUT2D eigenvalue weighted by Crippen LogP contribution is -2.48. The number of likely N-dealkylation sites (tertiary alicyclic amines) is 1. The molecule has 0 amide bonds. The van der Waals surface area contributed by atoms with Crippen LogP contribution in [0.15, 0.2) is 53.2 Å². The summed E-state index contributed by atoms with van der Waals surface area (Å²) >= 11 is 0. The van der Waals surface area contributed by atoms with Crippen molar-refractivity contribution in [1.29, 1.82) is 0 Å². The molecule has 0 spiro atoms. The lowest BCUT2D eigenvalue weighted by Gasteiger charge is -2.41. The first-order valence-electron chi connectivity index (χ1n) is 7.43. The van der Waals surface area contributed by atoms with Gasteiger partial charge in [-0.3, -0.25) is 9.58 Å². The van der Waals surface area contributed by atoms with E-state index in [1.54, 1.807) is 0 Å². The van der Waals surface area contributed by atoms with Crippen molar-refractivity contribution in [2.24, 2.45) is 0 Å². The average Bonchev–Trinajstić information content (AvgIpc) is 3.18. The molecule has 1 aliphatic rings. The molecule has 0 radical (unpaired) electrons. The molecule has 0 saturated carbocycles. The van der Waals surface area contributed by atoms with Crippen LogP contribution in [-0.2, 0) is 0 Å². The Balaban J connectivity index is 1.44. The van der Waals surface area contributed by atoms with E-state index in [1.165, 1.54) is 0 Å². The van der Waals surface area contributed by atoms with E-state index in [9.17, 15) is 0 Å². The van der Waals surface area contributed by atoms with Gasteiger partial charge < -0.3 is 4.42 Å². The molecule has 1 fully saturated rings. The lowest BCUT2D eigenvalue weighted by molar-refractivity contribution is 0.0484. The zero-order valence-corrected chi connectivity index (χ0v) is 12.3. The minimum atomic E-state index is 0.122. The normalized spacial score (nSPS) is 17.3. The van der Waals surface area contributed by atoms with Gasteiger partial charge in [-0.05, 0) is 25.1 Å². The van der Waals surface area contributed by atoms with E-state index >= 15 is 0 Å². The quantitative estimate of drug-likeness (QED) is 0.740. The van der Waals surface area contributed by atoms with Gasteiger partial charge in [0.1, 0.15) is 0 Å². The zero-order chi connectivity index (χ0) is 14.9. The van der Waals surface area contributed by atoms with Gasteiger partial charge in [-0.15, -0.1) is 10.2 Å². The summed E-state index contributed by atoms with van der Waals surface area (Å²) in [5.74, 6) is 1.24. The number of rotatable bonds is 4. The van der Waals surface area contributed by atoms with Gasteiger partial charge >= 0.3 is 0 Å². The maximum atomic E-state index is 5.83. The Bertz CT molecular complexity index is 731. The van der Waals surface area contributed by atoms with Crippen molar-refractivity contribution in [2.45, 2.75) is 19.0 Å². The van der Waals surface area contributed by atoms with Gasteiger partial charge in [0.15, 0.2) is 0 Å². The first kappa shape index (κ1) is 13.2. The summed E-state index contributed by atoms with van der Waals surface area (Å²) in [6, 6.07) is 12.4. The summed E-state index contributed by atoms with van der Waals surface area (Å²) in [6.45, 7) is 4.00. The Morgan fingerprint density at radius 3 is 2.68 bits per heavy atom. The minimum absolute atomic E-state index is 0.122. The molecule has 0 unspecified atom stereocenters. The monoisotopic (exact) mass is 295 g/mol. The van der Waals surface area contributed by atoms with E-state index in [0.717, 1.165) is 18.7 Å². The van der Waals surface area contributed by atoms with Crippen molar-refractivity contribution >= 4 is 0 Å². The third-order valence-corrected chi connectivity index (χ3v) is 4.16. The van der Waals surface area contributed by atoms with Crippen LogP contribution in [0.2, 0.25) is 0 Å². The van der Waals surface area contributed by atoms with Gasteiger partial charge in [0.25, 0.3) is 0 Å². The molecule has 2 aromatic heterocycles. The molecule has 0 bridgehead atoms. The Kier molecular flexibility index (Phi) is 3.23. The number of benzene rings is 1. The molecule has 1 aliphatic heterocycles. The van der Waals surface area contributed by atoms with Gasteiger partial charge in [-0.1, -0.05) is 18.2 Å². The second-order valence-corrected chi connectivity index (χ2v) is 5.58. The van der Waals surface area contributed by atoms with Gasteiger partial charge in [-0.25, -0.2) is 0 Å². The summed E-state index contributed by atoms with van der Waals surface area (Å²) in [4.78, 5) is 2.31. The summed E-state index contributed by atoms with van der Waals surface area (Å²) in [6.07, 6.45) is 3.82. The smallest absolute Gasteiger partial charge is 0.247 e. The molecular formula is C16H17N5O. The first-order chi connectivity index (χ1) is 10.8. The Morgan fingerprint density at radius 1 is 1.14 bits per heavy atom. The number of hydrogen-bond donors (Lipinski definition) is 0. The molecule has 6 heteroatoms. The summed E-state index contributed by atoms with van der Waals surface area (Å²) in [7, 11) is 0. The summed E-state index contributed by atoms with van der Waals surface area (Å²) < 4.78 is 7.83. The largest absolute Gasteiger partial charge is 0.419 e. The van der Waals surface area contributed by atoms with Crippen LogP contribution in [0.3, 0.4) is 0 Å². The fourth-order valence-corrected chi connectivity index (χ4v) is 2.73. The van der Waals surface area contributed by atoms with E-state index in [4.69, 9.17) is 4.42 Å². The summed E-state index contributed by atoms with van der Waals surface area (Å²) in [5.41, 5.74) is 0.950. The van der Waals surface area contributed by atoms with Gasteiger partial charge in [0.2, 0.25) is 11.8 Å². The average molecular weight is 295 g/mol. The van der Waals surface area contributed by atoms with E-state index < -0.39 is 0 Å². The topological polar surface area (TPSA) is 60.0 Å². The van der Waals surface area contributed by atoms with E-state index in [1.807, 2.05) is 53.5 Å². The van der Waals surface area contributed by atoms with Crippen molar-refractivity contribution < 1.29 is 4.42 Å². The van der Waals surface area contributed by atoms with Crippen LogP contribution in [0.5, 0.6) is 0 Å². The molecule has 1 atom stereocenters. The second kappa shape index (κ2) is 5.38. The van der Waals surface area contributed by atoms with Gasteiger partial charge in [0.05, 0.1) is 12.1 Å². The summed E-state index contributed by atoms with van der Waals surface area (Å²) in [5, 5.41) is 12.6. The fourth-order valence-electron chi connectivity index (χ4n) is 2.73. The lowest BCUT2D eigenvalue weighted by atomic mass is 10.1. The van der Waals surface area contributed by atoms with Crippen molar-refractivity contribution in [2.75, 3.05) is 13.1 Å². The highest BCUT2D eigenvalue weighted by Gasteiger charge is 2.34. The molecule has 112 valence electrons. The molecule has 0 N–H and O–H groups in total. The van der Waals surface area contributed by atoms with E-state index in [2.05, 4.69) is 27.1 Å². The Hall–Kier alpha value is -2.47. The molecular weight excluding hydrogens is 278 g/mol. The maximum absolute atomic E-state index is 5.83. The van der Waals surface area contributed by atoms with Crippen LogP contribution < -0.4 is 0 Å². The van der Waals surface area contributed by atoms with Crippen molar-refractivity contribution in [3.05, 3.63) is 54.7 Å². The van der Waals surface area contributed by atoms with Gasteiger partial charge in [0, 0.05) is 31.0 Å². The molecule has 4 rings (SSSR count). The predicted octanol–water partition coefficient (Wildman–Crippen LogP) is 2.55. The molecule has 22 heavy (non-hydrogen) atoms. The highest BCUT2D eigenvalue weighted by atomic mass is 16.4. The molecule has 1 saturated heterocycles. The highest BCUT2D eigenvalue weighted by molar-refractivity contribution is 5.51. The molecule has 3 heterocycles. The predicted molar refractivity (Wildman–Crippen MR) is 81.0 cm³/mol. The Morgan fingerprint density at radius 2 is 1.95 bits per heavy atom. The van der Waals surface area contributed by atoms with Crippen LogP contribution in [0.1, 0.15) is 24.9 Å². The van der Waals surface area contributed by atoms with Crippen LogP contribution >= 0.6 is 0 Å². The van der Waals surface area contributed by atoms with E-state index in [-0.39, 0.29) is 6.04 Å². The number of nitrogens with zero attached hydrogens (tertiary/aromatic N) is 5. The highest BCUT2D eigenvalue weighted by Crippen LogP contribution is 2.31. The molecule has 0 aliphatic carbocycles. The third-order valence-electron chi connectivity index (χ3n) is 4.16. The van der Waals surface area contributed by atoms with Crippen LogP contribution in [0.4, 0.5) is 0 Å². The van der Waals surface area contributed by atoms with E-state index in [0.29, 0.717) is 17.8 Å². The van der Waals surface area contributed by atoms with Crippen molar-refractivity contribution in [1.82, 2.24) is 24.9 Å². The van der Waals surface area contributed by atoms with Crippen LogP contribution in [-0.4, -0.2) is 38.0 Å². The molecule has 6 nitrogen and oxygen atoms in total. The number of aromatic nitrogens is 4. The SMILES string of the molecule is C[C@H](c1nnc(-c2ccccc2)o1)N1CC(n2cccn2)C1. The third kappa shape index (κ3) is 2.31. The Labute approximate surface area is 128 Å². The fraction of sp³-hybridized carbons (Fsp3) is 0.312. The first-order valence-corrected chi connectivity index (χ1v) is 7.43. The zero-order valence-electron chi connectivity index (χ0n) is 12.3. The number of hydrogen-bond acceptors (Lipinski definition) is 5. The van der Waals surface area contributed by atoms with Crippen LogP contribution in [0.25, 0.3) is 11.5 Å². The van der Waals surface area contributed by atoms with Crippen molar-refractivity contribution in [3.63, 3.8) is 0 Å². The maximum Gasteiger partial charge on any atom is 0.247 e. The van der Waals surface area contributed by atoms with Crippen LogP contribution in [0, 0.1) is 0 Å². The minimum Gasteiger partial charge on any atom is -0.419 e. The standard InChI is InChI=1S/C16H17N5O/c1-12(20-10-14(11-20)21-9-5-8-17-21)15-18-19-16(22-15)13-6-3-2-4-7-13/h2-9,12,14H,10-11H2,1H3/t12-/m1/s1. The molecule has 1 aromatic carbocycles. The second-order valence-electron chi connectivity index (χ2n) is 5.58.